The molecule has 0 aromatic heterocycles. The summed E-state index contributed by atoms with van der Waals surface area (Å²) in [6, 6.07) is 13.7. The molecule has 27 heavy (non-hydrogen) atoms. The molecule has 0 fully saturated rings. The van der Waals surface area contributed by atoms with Crippen molar-refractivity contribution in [1.29, 1.82) is 0 Å². The number of nitrogens with zero attached hydrogens (tertiary/aromatic N) is 2. The Morgan fingerprint density at radius 2 is 1.89 bits per heavy atom. The monoisotopic (exact) mass is 366 g/mol. The summed E-state index contributed by atoms with van der Waals surface area (Å²) in [5.41, 5.74) is 4.09. The highest BCUT2D eigenvalue weighted by molar-refractivity contribution is 5.79. The van der Waals surface area contributed by atoms with Gasteiger partial charge in [-0.1, -0.05) is 36.4 Å². The number of benzene rings is 2. The third-order valence-corrected chi connectivity index (χ3v) is 4.54. The molecule has 0 amide bonds. The Balaban J connectivity index is 1.63. The van der Waals surface area contributed by atoms with Crippen LogP contribution in [0.15, 0.2) is 59.6 Å². The Kier molecular flexibility index (Phi) is 6.47. The van der Waals surface area contributed by atoms with Gasteiger partial charge < -0.3 is 15.5 Å². The molecule has 0 unspecified atom stereocenters. The molecule has 0 saturated carbocycles. The van der Waals surface area contributed by atoms with Gasteiger partial charge in [0.05, 0.1) is 6.54 Å². The average Bonchev–Trinajstić information content (AvgIpc) is 3.22. The number of hydrogen-bond donors (Lipinski definition) is 2. The van der Waals surface area contributed by atoms with Crippen molar-refractivity contribution >= 4 is 11.6 Å². The van der Waals surface area contributed by atoms with Crippen LogP contribution in [0.3, 0.4) is 0 Å². The second kappa shape index (κ2) is 9.21. The van der Waals surface area contributed by atoms with E-state index in [1.54, 1.807) is 13.0 Å². The Hall–Kier alpha value is -2.82. The first kappa shape index (κ1) is 19.0. The molecule has 1 aliphatic heterocycles. The predicted octanol–water partition coefficient (Wildman–Crippen LogP) is 3.77. The lowest BCUT2D eigenvalue weighted by Crippen LogP contribution is -2.36. The maximum Gasteiger partial charge on any atom is 0.191 e. The van der Waals surface area contributed by atoms with Gasteiger partial charge in [0.2, 0.25) is 0 Å². The molecule has 2 aromatic carbocycles. The van der Waals surface area contributed by atoms with E-state index in [9.17, 15) is 4.39 Å². The number of aliphatic imine (C=N–C) groups is 1. The number of halogens is 1. The molecule has 0 atom stereocenters. The van der Waals surface area contributed by atoms with E-state index in [1.165, 1.54) is 17.3 Å². The van der Waals surface area contributed by atoms with Gasteiger partial charge >= 0.3 is 0 Å². The second-order valence-electron chi connectivity index (χ2n) is 6.68. The molecule has 3 rings (SSSR count). The van der Waals surface area contributed by atoms with Crippen LogP contribution in [-0.2, 0) is 13.1 Å². The zero-order valence-corrected chi connectivity index (χ0v) is 16.0. The van der Waals surface area contributed by atoms with E-state index in [4.69, 9.17) is 4.99 Å². The van der Waals surface area contributed by atoms with Crippen molar-refractivity contribution < 1.29 is 4.39 Å². The number of anilines is 1. The maximum atomic E-state index is 13.4. The summed E-state index contributed by atoms with van der Waals surface area (Å²) in [5.74, 6) is 0.583. The smallest absolute Gasteiger partial charge is 0.191 e. The maximum absolute atomic E-state index is 13.4. The van der Waals surface area contributed by atoms with E-state index in [0.29, 0.717) is 18.7 Å². The van der Waals surface area contributed by atoms with Gasteiger partial charge in [0.1, 0.15) is 5.82 Å². The van der Waals surface area contributed by atoms with Crippen LogP contribution in [0.4, 0.5) is 10.1 Å². The molecule has 2 N–H and O–H groups in total. The van der Waals surface area contributed by atoms with E-state index in [2.05, 4.69) is 52.0 Å². The van der Waals surface area contributed by atoms with Gasteiger partial charge in [-0.15, -0.1) is 0 Å². The standard InChI is InChI=1S/C22H27FN4/c1-3-24-22(26-16-19-9-10-21(23)17(2)13-19)25-15-18-7-6-8-20(14-18)27-11-4-5-12-27/h4-10,13-14H,3,11-12,15-16H2,1-2H3,(H2,24,25,26). The van der Waals surface area contributed by atoms with Crippen LogP contribution in [0.5, 0.6) is 0 Å². The molecule has 0 bridgehead atoms. The number of guanidine groups is 1. The summed E-state index contributed by atoms with van der Waals surface area (Å²) in [7, 11) is 0. The molecule has 0 radical (unpaired) electrons. The van der Waals surface area contributed by atoms with Crippen molar-refractivity contribution in [2.24, 2.45) is 4.99 Å². The molecular weight excluding hydrogens is 339 g/mol. The first-order chi connectivity index (χ1) is 13.2. The Morgan fingerprint density at radius 3 is 2.63 bits per heavy atom. The van der Waals surface area contributed by atoms with Gasteiger partial charge in [-0.25, -0.2) is 9.38 Å². The SMILES string of the molecule is CCNC(=NCc1cccc(N2CC=CC2)c1)NCc1ccc(F)c(C)c1. The van der Waals surface area contributed by atoms with Crippen LogP contribution < -0.4 is 15.5 Å². The summed E-state index contributed by atoms with van der Waals surface area (Å²) in [4.78, 5) is 7.02. The van der Waals surface area contributed by atoms with Crippen LogP contribution in [0, 0.1) is 12.7 Å². The number of nitrogens with one attached hydrogen (secondary N) is 2. The van der Waals surface area contributed by atoms with E-state index in [0.717, 1.165) is 31.2 Å². The van der Waals surface area contributed by atoms with Gasteiger partial charge in [-0.2, -0.15) is 0 Å². The summed E-state index contributed by atoms with van der Waals surface area (Å²) in [6.07, 6.45) is 4.38. The van der Waals surface area contributed by atoms with Gasteiger partial charge in [-0.3, -0.25) is 0 Å². The number of hydrogen-bond acceptors (Lipinski definition) is 2. The molecule has 1 heterocycles. The van der Waals surface area contributed by atoms with Gasteiger partial charge in [0.15, 0.2) is 5.96 Å². The lowest BCUT2D eigenvalue weighted by molar-refractivity contribution is 0.617. The fourth-order valence-corrected chi connectivity index (χ4v) is 3.06. The Bertz CT molecular complexity index is 821. The summed E-state index contributed by atoms with van der Waals surface area (Å²) in [5, 5.41) is 6.58. The molecular formula is C22H27FN4. The first-order valence-corrected chi connectivity index (χ1v) is 9.42. The number of aryl methyl sites for hydroxylation is 1. The van der Waals surface area contributed by atoms with E-state index in [1.807, 2.05) is 13.0 Å². The molecule has 4 nitrogen and oxygen atoms in total. The minimum absolute atomic E-state index is 0.174. The van der Waals surface area contributed by atoms with Crippen molar-refractivity contribution in [3.63, 3.8) is 0 Å². The van der Waals surface area contributed by atoms with Gasteiger partial charge in [-0.05, 0) is 48.7 Å². The normalized spacial score (nSPS) is 13.9. The first-order valence-electron chi connectivity index (χ1n) is 9.42. The van der Waals surface area contributed by atoms with Crippen molar-refractivity contribution in [3.05, 3.63) is 77.1 Å². The zero-order valence-electron chi connectivity index (χ0n) is 16.0. The second-order valence-corrected chi connectivity index (χ2v) is 6.68. The van der Waals surface area contributed by atoms with Crippen molar-refractivity contribution in [2.45, 2.75) is 26.9 Å². The van der Waals surface area contributed by atoms with Crippen LogP contribution in [0.1, 0.15) is 23.6 Å². The van der Waals surface area contributed by atoms with E-state index in [-0.39, 0.29) is 5.82 Å². The molecule has 0 spiro atoms. The van der Waals surface area contributed by atoms with Crippen LogP contribution in [0.25, 0.3) is 0 Å². The van der Waals surface area contributed by atoms with E-state index < -0.39 is 0 Å². The van der Waals surface area contributed by atoms with Crippen molar-refractivity contribution in [2.75, 3.05) is 24.5 Å². The predicted molar refractivity (Wildman–Crippen MR) is 111 cm³/mol. The molecule has 2 aromatic rings. The van der Waals surface area contributed by atoms with Gasteiger partial charge in [0.25, 0.3) is 0 Å². The Labute approximate surface area is 160 Å². The topological polar surface area (TPSA) is 39.7 Å². The lowest BCUT2D eigenvalue weighted by atomic mass is 10.1. The highest BCUT2D eigenvalue weighted by Gasteiger charge is 2.08. The zero-order chi connectivity index (χ0) is 19.1. The molecule has 5 heteroatoms. The van der Waals surface area contributed by atoms with Crippen LogP contribution in [-0.4, -0.2) is 25.6 Å². The number of rotatable bonds is 6. The third kappa shape index (κ3) is 5.33. The highest BCUT2D eigenvalue weighted by atomic mass is 19.1. The average molecular weight is 366 g/mol. The quantitative estimate of drug-likeness (QED) is 0.464. The molecule has 1 aliphatic rings. The highest BCUT2D eigenvalue weighted by Crippen LogP contribution is 2.19. The summed E-state index contributed by atoms with van der Waals surface area (Å²) in [6.45, 7) is 7.75. The van der Waals surface area contributed by atoms with Crippen molar-refractivity contribution in [3.8, 4) is 0 Å². The fraction of sp³-hybridized carbons (Fsp3) is 0.318. The van der Waals surface area contributed by atoms with Gasteiger partial charge in [0, 0.05) is 31.9 Å². The van der Waals surface area contributed by atoms with Crippen molar-refractivity contribution in [1.82, 2.24) is 10.6 Å². The van der Waals surface area contributed by atoms with Crippen LogP contribution in [0.2, 0.25) is 0 Å². The Morgan fingerprint density at radius 1 is 1.07 bits per heavy atom. The minimum Gasteiger partial charge on any atom is -0.364 e. The summed E-state index contributed by atoms with van der Waals surface area (Å²) < 4.78 is 13.4. The van der Waals surface area contributed by atoms with Crippen LogP contribution >= 0.6 is 0 Å². The molecule has 0 saturated heterocycles. The van der Waals surface area contributed by atoms with E-state index >= 15 is 0 Å². The lowest BCUT2D eigenvalue weighted by Gasteiger charge is -2.18. The third-order valence-electron chi connectivity index (χ3n) is 4.54. The molecule has 0 aliphatic carbocycles. The molecule has 142 valence electrons. The largest absolute Gasteiger partial charge is 0.364 e. The minimum atomic E-state index is -0.174. The summed E-state index contributed by atoms with van der Waals surface area (Å²) >= 11 is 0. The fourth-order valence-electron chi connectivity index (χ4n) is 3.06.